The summed E-state index contributed by atoms with van der Waals surface area (Å²) in [5, 5.41) is 29.6. The van der Waals surface area contributed by atoms with Crippen molar-refractivity contribution < 1.29 is 29.6 Å². The lowest BCUT2D eigenvalue weighted by Crippen LogP contribution is -2.19. The zero-order valence-electron chi connectivity index (χ0n) is 13.6. The minimum atomic E-state index is -0.873. The first-order chi connectivity index (χ1) is 11.4. The summed E-state index contributed by atoms with van der Waals surface area (Å²) in [5.41, 5.74) is 0.131. The molecule has 0 spiro atoms. The molecular formula is C18H22O6. The van der Waals surface area contributed by atoms with Gasteiger partial charge in [0.1, 0.15) is 11.5 Å². The maximum atomic E-state index is 12.4. The summed E-state index contributed by atoms with van der Waals surface area (Å²) in [6.07, 6.45) is 3.77. The number of carbonyl (C=O) groups is 2. The van der Waals surface area contributed by atoms with Crippen molar-refractivity contribution in [2.45, 2.75) is 51.2 Å². The fourth-order valence-corrected chi connectivity index (χ4v) is 2.71. The number of rotatable bonds is 0. The van der Waals surface area contributed by atoms with Gasteiger partial charge in [-0.2, -0.15) is 0 Å². The van der Waals surface area contributed by atoms with Gasteiger partial charge in [0, 0.05) is 12.5 Å². The first-order valence-electron chi connectivity index (χ1n) is 7.97. The van der Waals surface area contributed by atoms with Gasteiger partial charge in [-0.05, 0) is 37.8 Å². The number of fused-ring (bicyclic) bond motifs is 1. The Balaban J connectivity index is 2.37. The normalized spacial score (nSPS) is 24.6. The number of ketones is 1. The Morgan fingerprint density at radius 3 is 2.67 bits per heavy atom. The predicted octanol–water partition coefficient (Wildman–Crippen LogP) is 2.25. The van der Waals surface area contributed by atoms with E-state index in [1.54, 1.807) is 13.0 Å². The molecule has 1 unspecified atom stereocenters. The largest absolute Gasteiger partial charge is 0.508 e. The molecule has 0 aliphatic carbocycles. The minimum Gasteiger partial charge on any atom is -0.508 e. The number of phenols is 2. The van der Waals surface area contributed by atoms with Crippen LogP contribution in [0.3, 0.4) is 0 Å². The van der Waals surface area contributed by atoms with Gasteiger partial charge in [0.25, 0.3) is 0 Å². The fraction of sp³-hybridized carbons (Fsp3) is 0.444. The SMILES string of the molecule is C[C@@H]1CC/C=C\CC(O)CC(=O)c2c(O)cc(O)cc2CC(=O)O1. The first-order valence-corrected chi connectivity index (χ1v) is 7.97. The van der Waals surface area contributed by atoms with Gasteiger partial charge >= 0.3 is 5.97 Å². The lowest BCUT2D eigenvalue weighted by Gasteiger charge is -2.16. The maximum absolute atomic E-state index is 12.4. The summed E-state index contributed by atoms with van der Waals surface area (Å²) in [6.45, 7) is 1.78. The summed E-state index contributed by atoms with van der Waals surface area (Å²) in [5.74, 6) is -1.68. The lowest BCUT2D eigenvalue weighted by molar-refractivity contribution is -0.147. The van der Waals surface area contributed by atoms with Crippen LogP contribution in [0.2, 0.25) is 0 Å². The highest BCUT2D eigenvalue weighted by Crippen LogP contribution is 2.30. The average molecular weight is 334 g/mol. The predicted molar refractivity (Wildman–Crippen MR) is 87.0 cm³/mol. The number of allylic oxidation sites excluding steroid dienone is 1. The van der Waals surface area contributed by atoms with Crippen molar-refractivity contribution in [3.05, 3.63) is 35.4 Å². The van der Waals surface area contributed by atoms with E-state index in [-0.39, 0.29) is 35.8 Å². The van der Waals surface area contributed by atoms with E-state index >= 15 is 0 Å². The molecule has 0 aromatic heterocycles. The minimum absolute atomic E-state index is 0.0579. The van der Waals surface area contributed by atoms with Crippen LogP contribution >= 0.6 is 0 Å². The molecule has 3 N–H and O–H groups in total. The van der Waals surface area contributed by atoms with Crippen LogP contribution < -0.4 is 0 Å². The third-order valence-corrected chi connectivity index (χ3v) is 3.87. The third kappa shape index (κ3) is 4.83. The molecule has 1 aromatic carbocycles. The van der Waals surface area contributed by atoms with E-state index in [0.29, 0.717) is 19.3 Å². The second-order valence-corrected chi connectivity index (χ2v) is 6.04. The second-order valence-electron chi connectivity index (χ2n) is 6.04. The van der Waals surface area contributed by atoms with Crippen LogP contribution in [0.15, 0.2) is 24.3 Å². The van der Waals surface area contributed by atoms with Gasteiger partial charge in [0.2, 0.25) is 0 Å². The van der Waals surface area contributed by atoms with E-state index in [4.69, 9.17) is 4.74 Å². The molecular weight excluding hydrogens is 312 g/mol. The topological polar surface area (TPSA) is 104 Å². The molecule has 0 bridgehead atoms. The molecule has 2 atom stereocenters. The Labute approximate surface area is 140 Å². The first kappa shape index (κ1) is 18.0. The van der Waals surface area contributed by atoms with Crippen molar-refractivity contribution in [1.82, 2.24) is 0 Å². The van der Waals surface area contributed by atoms with E-state index in [9.17, 15) is 24.9 Å². The number of hydrogen-bond acceptors (Lipinski definition) is 6. The monoisotopic (exact) mass is 334 g/mol. The zero-order valence-corrected chi connectivity index (χ0v) is 13.6. The van der Waals surface area contributed by atoms with Gasteiger partial charge in [0.15, 0.2) is 5.78 Å². The lowest BCUT2D eigenvalue weighted by atomic mass is 9.95. The maximum Gasteiger partial charge on any atom is 0.310 e. The highest BCUT2D eigenvalue weighted by molar-refractivity contribution is 6.01. The van der Waals surface area contributed by atoms with Crippen molar-refractivity contribution in [3.63, 3.8) is 0 Å². The van der Waals surface area contributed by atoms with Gasteiger partial charge in [-0.25, -0.2) is 0 Å². The van der Waals surface area contributed by atoms with Gasteiger partial charge < -0.3 is 20.1 Å². The van der Waals surface area contributed by atoms with Gasteiger partial charge in [-0.3, -0.25) is 9.59 Å². The van der Waals surface area contributed by atoms with Crippen LogP contribution in [0.4, 0.5) is 0 Å². The quantitative estimate of drug-likeness (QED) is 0.496. The number of phenolic OH excluding ortho intramolecular Hbond substituents is 2. The van der Waals surface area contributed by atoms with Crippen LogP contribution in [-0.2, 0) is 16.0 Å². The van der Waals surface area contributed by atoms with Crippen molar-refractivity contribution in [2.75, 3.05) is 0 Å². The van der Waals surface area contributed by atoms with Gasteiger partial charge in [-0.1, -0.05) is 12.2 Å². The van der Waals surface area contributed by atoms with Crippen LogP contribution in [-0.4, -0.2) is 39.3 Å². The number of carbonyl (C=O) groups excluding carboxylic acids is 2. The Morgan fingerprint density at radius 1 is 1.17 bits per heavy atom. The molecule has 0 saturated carbocycles. The van der Waals surface area contributed by atoms with Crippen molar-refractivity contribution in [2.24, 2.45) is 0 Å². The Hall–Kier alpha value is -2.34. The fourth-order valence-electron chi connectivity index (χ4n) is 2.71. The van der Waals surface area contributed by atoms with Crippen LogP contribution in [0, 0.1) is 0 Å². The summed E-state index contributed by atoms with van der Waals surface area (Å²) in [6, 6.07) is 2.30. The molecule has 6 heteroatoms. The molecule has 0 saturated heterocycles. The summed E-state index contributed by atoms with van der Waals surface area (Å²) >= 11 is 0. The number of hydrogen-bond donors (Lipinski definition) is 3. The second kappa shape index (κ2) is 7.97. The number of ether oxygens (including phenoxy) is 1. The number of cyclic esters (lactones) is 1. The smallest absolute Gasteiger partial charge is 0.310 e. The van der Waals surface area contributed by atoms with Crippen molar-refractivity contribution in [1.29, 1.82) is 0 Å². The van der Waals surface area contributed by atoms with Crippen LogP contribution in [0.5, 0.6) is 11.5 Å². The zero-order chi connectivity index (χ0) is 17.7. The van der Waals surface area contributed by atoms with E-state index in [1.807, 2.05) is 6.08 Å². The average Bonchev–Trinajstić information content (AvgIpc) is 2.44. The molecule has 1 aromatic rings. The molecule has 0 fully saturated rings. The number of aromatic hydroxyl groups is 2. The molecule has 1 aliphatic heterocycles. The Morgan fingerprint density at radius 2 is 1.92 bits per heavy atom. The standard InChI is InChI=1S/C18H22O6/c1-11-5-3-2-4-6-13(19)9-15(21)18-12(8-17(23)24-11)7-14(20)10-16(18)22/h2,4,7,10-11,13,19-20,22H,3,5-6,8-9H2,1H3/b4-2-/t11-,13?/m1/s1. The van der Waals surface area contributed by atoms with Gasteiger partial charge in [-0.15, -0.1) is 0 Å². The third-order valence-electron chi connectivity index (χ3n) is 3.87. The van der Waals surface area contributed by atoms with E-state index in [0.717, 1.165) is 6.07 Å². The van der Waals surface area contributed by atoms with Crippen LogP contribution in [0.25, 0.3) is 0 Å². The molecule has 1 heterocycles. The molecule has 2 rings (SSSR count). The van der Waals surface area contributed by atoms with Crippen molar-refractivity contribution in [3.8, 4) is 11.5 Å². The van der Waals surface area contributed by atoms with Crippen LogP contribution in [0.1, 0.15) is 48.5 Å². The van der Waals surface area contributed by atoms with E-state index < -0.39 is 23.6 Å². The number of benzene rings is 1. The molecule has 6 nitrogen and oxygen atoms in total. The van der Waals surface area contributed by atoms with E-state index in [2.05, 4.69) is 0 Å². The number of aliphatic hydroxyl groups is 1. The summed E-state index contributed by atoms with van der Waals surface area (Å²) in [7, 11) is 0. The Kier molecular flexibility index (Phi) is 5.98. The van der Waals surface area contributed by atoms with E-state index in [1.165, 1.54) is 6.07 Å². The number of aliphatic hydroxyl groups excluding tert-OH is 1. The molecule has 0 radical (unpaired) electrons. The van der Waals surface area contributed by atoms with Gasteiger partial charge in [0.05, 0.1) is 24.2 Å². The number of Topliss-reactive ketones (excluding diaryl/α,β-unsaturated/α-hetero) is 1. The Bertz CT molecular complexity index is 649. The molecule has 1 aliphatic rings. The highest BCUT2D eigenvalue weighted by Gasteiger charge is 2.23. The highest BCUT2D eigenvalue weighted by atomic mass is 16.5. The number of esters is 1. The molecule has 130 valence electrons. The molecule has 0 amide bonds. The van der Waals surface area contributed by atoms with Crippen molar-refractivity contribution >= 4 is 11.8 Å². The molecule has 24 heavy (non-hydrogen) atoms. The summed E-state index contributed by atoms with van der Waals surface area (Å²) in [4.78, 5) is 24.5. The summed E-state index contributed by atoms with van der Waals surface area (Å²) < 4.78 is 5.29.